The first-order chi connectivity index (χ1) is 8.33. The molecule has 1 N–H and O–H groups in total. The van der Waals surface area contributed by atoms with Crippen LogP contribution in [0.2, 0.25) is 0 Å². The van der Waals surface area contributed by atoms with Gasteiger partial charge in [-0.1, -0.05) is 6.92 Å². The fourth-order valence-corrected chi connectivity index (χ4v) is 1.97. The molecule has 0 amide bonds. The molecule has 4 heteroatoms. The molecule has 0 bridgehead atoms. The van der Waals surface area contributed by atoms with Crippen molar-refractivity contribution in [3.8, 4) is 0 Å². The Balaban J connectivity index is 2.00. The number of anilines is 1. The van der Waals surface area contributed by atoms with E-state index in [-0.39, 0.29) is 0 Å². The summed E-state index contributed by atoms with van der Waals surface area (Å²) in [4.78, 5) is 11.3. The minimum atomic E-state index is 0.781. The molecule has 0 unspecified atom stereocenters. The number of nitrogens with zero attached hydrogens (tertiary/aromatic N) is 3. The van der Waals surface area contributed by atoms with E-state index in [0.29, 0.717) is 0 Å². The van der Waals surface area contributed by atoms with Crippen LogP contribution in [0, 0.1) is 5.92 Å². The van der Waals surface area contributed by atoms with Gasteiger partial charge in [-0.25, -0.2) is 4.98 Å². The van der Waals surface area contributed by atoms with Gasteiger partial charge >= 0.3 is 0 Å². The van der Waals surface area contributed by atoms with E-state index >= 15 is 0 Å². The zero-order valence-corrected chi connectivity index (χ0v) is 10.8. The van der Waals surface area contributed by atoms with E-state index in [1.54, 1.807) is 0 Å². The van der Waals surface area contributed by atoms with Crippen molar-refractivity contribution in [3.05, 3.63) is 18.1 Å². The fourth-order valence-electron chi connectivity index (χ4n) is 1.97. The van der Waals surface area contributed by atoms with Crippen molar-refractivity contribution in [2.24, 2.45) is 5.92 Å². The summed E-state index contributed by atoms with van der Waals surface area (Å²) in [5.41, 5.74) is 0.999. The van der Waals surface area contributed by atoms with Crippen molar-refractivity contribution < 1.29 is 0 Å². The van der Waals surface area contributed by atoms with Crippen LogP contribution in [0.3, 0.4) is 0 Å². The molecule has 0 radical (unpaired) electrons. The lowest BCUT2D eigenvalue weighted by Crippen LogP contribution is -2.27. The Morgan fingerprint density at radius 2 is 2.18 bits per heavy atom. The molecular formula is C13H22N4. The Hall–Kier alpha value is -1.16. The molecule has 1 saturated carbocycles. The highest BCUT2D eigenvalue weighted by Crippen LogP contribution is 2.30. The number of hydrogen-bond acceptors (Lipinski definition) is 4. The Morgan fingerprint density at radius 1 is 1.35 bits per heavy atom. The lowest BCUT2D eigenvalue weighted by Gasteiger charge is -2.22. The molecule has 1 heterocycles. The molecule has 1 aromatic rings. The van der Waals surface area contributed by atoms with Crippen molar-refractivity contribution in [1.82, 2.24) is 15.3 Å². The third-order valence-corrected chi connectivity index (χ3v) is 3.04. The summed E-state index contributed by atoms with van der Waals surface area (Å²) in [6, 6.07) is 0. The van der Waals surface area contributed by atoms with E-state index in [0.717, 1.165) is 43.5 Å². The van der Waals surface area contributed by atoms with Gasteiger partial charge < -0.3 is 10.2 Å². The Kier molecular flexibility index (Phi) is 4.31. The predicted octanol–water partition coefficient (Wildman–Crippen LogP) is 1.82. The summed E-state index contributed by atoms with van der Waals surface area (Å²) in [6.45, 7) is 5.22. The van der Waals surface area contributed by atoms with E-state index in [2.05, 4.69) is 27.1 Å². The first-order valence-electron chi connectivity index (χ1n) is 6.54. The smallest absolute Gasteiger partial charge is 0.147 e. The largest absolute Gasteiger partial charge is 0.355 e. The Morgan fingerprint density at radius 3 is 2.71 bits per heavy atom. The van der Waals surface area contributed by atoms with E-state index in [9.17, 15) is 0 Å². The van der Waals surface area contributed by atoms with Gasteiger partial charge in [-0.05, 0) is 32.2 Å². The molecule has 1 fully saturated rings. The van der Waals surface area contributed by atoms with Gasteiger partial charge in [0.25, 0.3) is 0 Å². The highest BCUT2D eigenvalue weighted by Gasteiger charge is 2.24. The molecule has 2 rings (SSSR count). The summed E-state index contributed by atoms with van der Waals surface area (Å²) < 4.78 is 0. The van der Waals surface area contributed by atoms with Crippen molar-refractivity contribution in [3.63, 3.8) is 0 Å². The lowest BCUT2D eigenvalue weighted by atomic mass is 10.3. The molecule has 4 nitrogen and oxygen atoms in total. The summed E-state index contributed by atoms with van der Waals surface area (Å²) in [5, 5.41) is 3.08. The van der Waals surface area contributed by atoms with Crippen molar-refractivity contribution in [2.45, 2.75) is 32.7 Å². The fraction of sp³-hybridized carbons (Fsp3) is 0.692. The zero-order valence-electron chi connectivity index (χ0n) is 10.8. The van der Waals surface area contributed by atoms with E-state index in [4.69, 9.17) is 0 Å². The average molecular weight is 234 g/mol. The number of rotatable bonds is 7. The monoisotopic (exact) mass is 234 g/mol. The molecule has 0 atom stereocenters. The summed E-state index contributed by atoms with van der Waals surface area (Å²) in [7, 11) is 1.92. The molecule has 1 aliphatic rings. The third-order valence-electron chi connectivity index (χ3n) is 3.04. The second-order valence-corrected chi connectivity index (χ2v) is 4.79. The highest BCUT2D eigenvalue weighted by atomic mass is 15.2. The van der Waals surface area contributed by atoms with Crippen molar-refractivity contribution in [2.75, 3.05) is 25.0 Å². The summed E-state index contributed by atoms with van der Waals surface area (Å²) in [6.07, 6.45) is 7.70. The van der Waals surface area contributed by atoms with Gasteiger partial charge in [0.2, 0.25) is 0 Å². The minimum absolute atomic E-state index is 0.781. The minimum Gasteiger partial charge on any atom is -0.355 e. The normalized spacial score (nSPS) is 14.9. The number of aromatic nitrogens is 2. The van der Waals surface area contributed by atoms with Gasteiger partial charge in [-0.3, -0.25) is 4.98 Å². The first-order valence-corrected chi connectivity index (χ1v) is 6.54. The van der Waals surface area contributed by atoms with Crippen LogP contribution >= 0.6 is 0 Å². The summed E-state index contributed by atoms with van der Waals surface area (Å²) in [5.74, 6) is 1.92. The Labute approximate surface area is 103 Å². The average Bonchev–Trinajstić information content (AvgIpc) is 3.14. The topological polar surface area (TPSA) is 41.1 Å². The third kappa shape index (κ3) is 3.66. The van der Waals surface area contributed by atoms with Gasteiger partial charge in [0.1, 0.15) is 5.82 Å². The standard InChI is InChI=1S/C13H22N4/c1-3-6-17(10-11-4-5-11)13-9-15-12(7-14-2)8-16-13/h8-9,11,14H,3-7,10H2,1-2H3. The maximum absolute atomic E-state index is 4.52. The van der Waals surface area contributed by atoms with Crippen molar-refractivity contribution in [1.29, 1.82) is 0 Å². The second-order valence-electron chi connectivity index (χ2n) is 4.79. The molecule has 0 aliphatic heterocycles. The molecule has 17 heavy (non-hydrogen) atoms. The molecule has 1 aromatic heterocycles. The van der Waals surface area contributed by atoms with Crippen LogP contribution in [0.5, 0.6) is 0 Å². The van der Waals surface area contributed by atoms with Gasteiger partial charge in [-0.15, -0.1) is 0 Å². The lowest BCUT2D eigenvalue weighted by molar-refractivity contribution is 0.694. The van der Waals surface area contributed by atoms with E-state index in [1.165, 1.54) is 12.8 Å². The van der Waals surface area contributed by atoms with Crippen LogP contribution in [-0.2, 0) is 6.54 Å². The van der Waals surface area contributed by atoms with Crippen molar-refractivity contribution >= 4 is 5.82 Å². The van der Waals surface area contributed by atoms with Crippen LogP contribution in [0.25, 0.3) is 0 Å². The van der Waals surface area contributed by atoms with E-state index in [1.807, 2.05) is 19.4 Å². The van der Waals surface area contributed by atoms with Crippen LogP contribution < -0.4 is 10.2 Å². The van der Waals surface area contributed by atoms with Gasteiger partial charge in [0, 0.05) is 19.6 Å². The van der Waals surface area contributed by atoms with E-state index < -0.39 is 0 Å². The molecule has 94 valence electrons. The number of hydrogen-bond donors (Lipinski definition) is 1. The Bertz CT molecular complexity index is 332. The molecule has 0 spiro atoms. The van der Waals surface area contributed by atoms with Crippen LogP contribution in [0.4, 0.5) is 5.82 Å². The highest BCUT2D eigenvalue weighted by molar-refractivity contribution is 5.36. The van der Waals surface area contributed by atoms with Crippen LogP contribution in [-0.4, -0.2) is 30.1 Å². The van der Waals surface area contributed by atoms with Crippen LogP contribution in [0.15, 0.2) is 12.4 Å². The first kappa shape index (κ1) is 12.3. The molecular weight excluding hydrogens is 212 g/mol. The predicted molar refractivity (Wildman–Crippen MR) is 70.0 cm³/mol. The van der Waals surface area contributed by atoms with Gasteiger partial charge in [-0.2, -0.15) is 0 Å². The van der Waals surface area contributed by atoms with Crippen LogP contribution in [0.1, 0.15) is 31.9 Å². The summed E-state index contributed by atoms with van der Waals surface area (Å²) >= 11 is 0. The SMILES string of the molecule is CCCN(CC1CC1)c1cnc(CNC)cn1. The van der Waals surface area contributed by atoms with Gasteiger partial charge in [0.15, 0.2) is 0 Å². The maximum Gasteiger partial charge on any atom is 0.147 e. The second kappa shape index (κ2) is 5.96. The number of nitrogens with one attached hydrogen (secondary N) is 1. The maximum atomic E-state index is 4.52. The quantitative estimate of drug-likeness (QED) is 0.781. The zero-order chi connectivity index (χ0) is 12.1. The molecule has 1 aliphatic carbocycles. The molecule has 0 aromatic carbocycles. The molecule has 0 saturated heterocycles. The van der Waals surface area contributed by atoms with Gasteiger partial charge in [0.05, 0.1) is 18.1 Å².